The summed E-state index contributed by atoms with van der Waals surface area (Å²) in [5.41, 5.74) is -2.42. The van der Waals surface area contributed by atoms with Crippen molar-refractivity contribution in [2.24, 2.45) is 0 Å². The number of fused-ring (bicyclic) bond motifs is 4. The number of halogens is 5. The molecule has 0 spiro atoms. The smallest absolute Gasteiger partial charge is 0.418 e. The molecule has 6 heterocycles. The average molecular weight is 620 g/mol. The zero-order valence-corrected chi connectivity index (χ0v) is 24.5. The zero-order chi connectivity index (χ0) is 29.9. The van der Waals surface area contributed by atoms with Gasteiger partial charge in [-0.05, 0) is 76.6 Å². The van der Waals surface area contributed by atoms with Crippen LogP contribution in [-0.4, -0.2) is 74.0 Å². The third-order valence-corrected chi connectivity index (χ3v) is 10.1. The first-order chi connectivity index (χ1) is 20.6. The van der Waals surface area contributed by atoms with Crippen LogP contribution in [0.15, 0.2) is 12.1 Å². The molecule has 2 aromatic heterocycles. The highest BCUT2D eigenvalue weighted by Crippen LogP contribution is 2.45. The number of aryl methyl sites for hydroxylation is 1. The van der Waals surface area contributed by atoms with E-state index < -0.39 is 39.6 Å². The molecule has 4 aliphatic rings. The van der Waals surface area contributed by atoms with E-state index in [-0.39, 0.29) is 23.1 Å². The maximum absolute atomic E-state index is 16.3. The second-order valence-corrected chi connectivity index (χ2v) is 12.9. The first-order valence-corrected chi connectivity index (χ1v) is 15.6. The van der Waals surface area contributed by atoms with Crippen LogP contribution >= 0.6 is 11.6 Å². The lowest BCUT2D eigenvalue weighted by Gasteiger charge is -2.34. The molecular formula is C30H34ClF4N7O. The van der Waals surface area contributed by atoms with E-state index in [0.717, 1.165) is 44.2 Å². The monoisotopic (exact) mass is 619 g/mol. The summed E-state index contributed by atoms with van der Waals surface area (Å²) >= 11 is 5.88. The van der Waals surface area contributed by atoms with Gasteiger partial charge in [0.15, 0.2) is 17.2 Å². The van der Waals surface area contributed by atoms with Gasteiger partial charge >= 0.3 is 6.18 Å². The highest BCUT2D eigenvalue weighted by Gasteiger charge is 2.43. The summed E-state index contributed by atoms with van der Waals surface area (Å²) in [5.74, 6) is -0.704. The van der Waals surface area contributed by atoms with Crippen molar-refractivity contribution in [3.8, 4) is 17.0 Å². The normalized spacial score (nSPS) is 23.4. The summed E-state index contributed by atoms with van der Waals surface area (Å²) in [6, 6.07) is 2.12. The number of hydrogen-bond acceptors (Lipinski definition) is 8. The molecule has 7 rings (SSSR count). The summed E-state index contributed by atoms with van der Waals surface area (Å²) < 4.78 is 58.3. The fourth-order valence-corrected chi connectivity index (χ4v) is 8.22. The van der Waals surface area contributed by atoms with Gasteiger partial charge in [0, 0.05) is 42.7 Å². The molecule has 0 amide bonds. The van der Waals surface area contributed by atoms with Gasteiger partial charge in [-0.3, -0.25) is 4.90 Å². The van der Waals surface area contributed by atoms with Crippen molar-refractivity contribution in [1.29, 1.82) is 0 Å². The van der Waals surface area contributed by atoms with Crippen LogP contribution in [-0.2, 0) is 12.6 Å². The minimum absolute atomic E-state index is 0.109. The molecule has 230 valence electrons. The van der Waals surface area contributed by atoms with E-state index in [1.165, 1.54) is 38.8 Å². The Bertz CT molecular complexity index is 1530. The number of hydrogen-bond donors (Lipinski definition) is 2. The minimum atomic E-state index is -4.92. The summed E-state index contributed by atoms with van der Waals surface area (Å²) in [5, 5.41) is 21.0. The molecule has 4 aliphatic heterocycles. The Morgan fingerprint density at radius 1 is 1.00 bits per heavy atom. The molecule has 2 unspecified atom stereocenters. The van der Waals surface area contributed by atoms with Crippen LogP contribution in [0.4, 0.5) is 23.4 Å². The van der Waals surface area contributed by atoms with Gasteiger partial charge in [-0.2, -0.15) is 13.2 Å². The van der Waals surface area contributed by atoms with Crippen LogP contribution in [0.1, 0.15) is 69.2 Å². The maximum Gasteiger partial charge on any atom is 0.418 e. The Labute approximate surface area is 251 Å². The van der Waals surface area contributed by atoms with Gasteiger partial charge in [-0.1, -0.05) is 18.0 Å². The van der Waals surface area contributed by atoms with E-state index >= 15 is 4.39 Å². The standard InChI is InChI=1S/C30H34ClF4N7O/c31-21-14-19(43)13-20(23(21)30(33,34)35)25-24(32)26-27(40-39-25)28(41-15-17-6-7-18(16-41)36-17)38-22(37-26)5-1-2-8-29-9-3-11-42(29)12-4-10-29/h13-14,17-18,36,43H,1-12,15-16H2. The van der Waals surface area contributed by atoms with Gasteiger partial charge in [-0.25, -0.2) is 14.4 Å². The second kappa shape index (κ2) is 11.0. The number of anilines is 1. The maximum atomic E-state index is 16.3. The fraction of sp³-hybridized carbons (Fsp3) is 0.600. The van der Waals surface area contributed by atoms with Crippen molar-refractivity contribution in [2.45, 2.75) is 88.0 Å². The van der Waals surface area contributed by atoms with E-state index in [4.69, 9.17) is 16.6 Å². The SMILES string of the molecule is Oc1cc(Cl)c(C(F)(F)F)c(-c2nnc3c(N4CC5CCC(C4)N5)nc(CCCCC45CCCN4CCC5)nc3c2F)c1. The highest BCUT2D eigenvalue weighted by molar-refractivity contribution is 6.32. The van der Waals surface area contributed by atoms with E-state index in [0.29, 0.717) is 36.7 Å². The number of rotatable bonds is 7. The fourth-order valence-electron chi connectivity index (χ4n) is 7.90. The number of piperazine rings is 1. The van der Waals surface area contributed by atoms with Crippen molar-refractivity contribution in [3.05, 3.63) is 34.4 Å². The first-order valence-electron chi connectivity index (χ1n) is 15.2. The topological polar surface area (TPSA) is 90.3 Å². The number of aromatic hydroxyl groups is 1. The number of alkyl halides is 3. The molecule has 4 saturated heterocycles. The number of unbranched alkanes of at least 4 members (excludes halogenated alkanes) is 1. The third kappa shape index (κ3) is 5.29. The Hall–Kier alpha value is -2.83. The number of phenolic OH excluding ortho intramolecular Hbond substituents is 1. The molecule has 0 radical (unpaired) electrons. The van der Waals surface area contributed by atoms with Gasteiger partial charge in [0.2, 0.25) is 0 Å². The van der Waals surface area contributed by atoms with E-state index in [1.807, 2.05) is 0 Å². The van der Waals surface area contributed by atoms with Gasteiger partial charge in [0.25, 0.3) is 0 Å². The van der Waals surface area contributed by atoms with Crippen LogP contribution in [0, 0.1) is 5.82 Å². The molecule has 3 aromatic rings. The van der Waals surface area contributed by atoms with Gasteiger partial charge in [0.1, 0.15) is 22.8 Å². The molecule has 0 aliphatic carbocycles. The molecule has 13 heteroatoms. The third-order valence-electron chi connectivity index (χ3n) is 9.81. The summed E-state index contributed by atoms with van der Waals surface area (Å²) in [6.45, 7) is 3.66. The number of nitrogens with zero attached hydrogens (tertiary/aromatic N) is 6. The Balaban J connectivity index is 1.25. The van der Waals surface area contributed by atoms with Crippen LogP contribution in [0.2, 0.25) is 5.02 Å². The molecule has 4 fully saturated rings. The lowest BCUT2D eigenvalue weighted by Crippen LogP contribution is -2.51. The van der Waals surface area contributed by atoms with Crippen LogP contribution in [0.5, 0.6) is 5.75 Å². The van der Waals surface area contributed by atoms with Gasteiger partial charge in [0.05, 0.1) is 10.6 Å². The number of phenols is 1. The molecule has 1 aromatic carbocycles. The van der Waals surface area contributed by atoms with E-state index in [2.05, 4.69) is 30.3 Å². The second-order valence-electron chi connectivity index (χ2n) is 12.5. The summed E-state index contributed by atoms with van der Waals surface area (Å²) in [7, 11) is 0. The minimum Gasteiger partial charge on any atom is -0.508 e. The van der Waals surface area contributed by atoms with Crippen molar-refractivity contribution in [1.82, 2.24) is 30.4 Å². The number of aromatic nitrogens is 4. The van der Waals surface area contributed by atoms with E-state index in [9.17, 15) is 18.3 Å². The first kappa shape index (κ1) is 28.9. The molecule has 8 nitrogen and oxygen atoms in total. The summed E-state index contributed by atoms with van der Waals surface area (Å²) in [6.07, 6.45) is 5.53. The van der Waals surface area contributed by atoms with Gasteiger partial charge < -0.3 is 15.3 Å². The molecule has 2 N–H and O–H groups in total. The molecular weight excluding hydrogens is 586 g/mol. The highest BCUT2D eigenvalue weighted by atomic mass is 35.5. The van der Waals surface area contributed by atoms with Crippen molar-refractivity contribution < 1.29 is 22.7 Å². The molecule has 0 saturated carbocycles. The van der Waals surface area contributed by atoms with E-state index in [1.54, 1.807) is 0 Å². The Morgan fingerprint density at radius 3 is 2.42 bits per heavy atom. The number of benzene rings is 1. The molecule has 2 atom stereocenters. The lowest BCUT2D eigenvalue weighted by molar-refractivity contribution is -0.137. The van der Waals surface area contributed by atoms with Crippen molar-refractivity contribution in [2.75, 3.05) is 31.1 Å². The predicted molar refractivity (Wildman–Crippen MR) is 155 cm³/mol. The largest absolute Gasteiger partial charge is 0.508 e. The molecule has 2 bridgehead atoms. The summed E-state index contributed by atoms with van der Waals surface area (Å²) in [4.78, 5) is 14.1. The van der Waals surface area contributed by atoms with Crippen molar-refractivity contribution >= 4 is 28.5 Å². The van der Waals surface area contributed by atoms with Crippen molar-refractivity contribution in [3.63, 3.8) is 0 Å². The predicted octanol–water partition coefficient (Wildman–Crippen LogP) is 5.89. The van der Waals surface area contributed by atoms with Crippen LogP contribution < -0.4 is 10.2 Å². The number of nitrogens with one attached hydrogen (secondary N) is 1. The Morgan fingerprint density at radius 2 is 1.72 bits per heavy atom. The zero-order valence-electron chi connectivity index (χ0n) is 23.7. The average Bonchev–Trinajstić information content (AvgIpc) is 3.63. The van der Waals surface area contributed by atoms with Crippen LogP contribution in [0.25, 0.3) is 22.3 Å². The Kier molecular flexibility index (Phi) is 7.37. The lowest BCUT2D eigenvalue weighted by atomic mass is 9.88. The quantitative estimate of drug-likeness (QED) is 0.250. The molecule has 43 heavy (non-hydrogen) atoms. The van der Waals surface area contributed by atoms with Crippen LogP contribution in [0.3, 0.4) is 0 Å². The van der Waals surface area contributed by atoms with Gasteiger partial charge in [-0.15, -0.1) is 10.2 Å².